The molecule has 2 aliphatic heterocycles. The van der Waals surface area contributed by atoms with Crippen molar-refractivity contribution in [3.63, 3.8) is 0 Å². The zero-order chi connectivity index (χ0) is 24.1. The Kier molecular flexibility index (Phi) is 8.61. The number of rotatable bonds is 9. The SMILES string of the molecule is CNC(=O)c1cccc(C2C[C@H]3CC[C@@H](C2)N3CCN(CC2CCCCC2)C(=O)[C@@H](O)CO)c1. The van der Waals surface area contributed by atoms with E-state index in [1.807, 2.05) is 23.1 Å². The average molecular weight is 472 g/mol. The minimum Gasteiger partial charge on any atom is -0.393 e. The first-order valence-electron chi connectivity index (χ1n) is 13.2. The molecule has 1 unspecified atom stereocenters. The van der Waals surface area contributed by atoms with Gasteiger partial charge in [0, 0.05) is 44.3 Å². The third-order valence-electron chi connectivity index (χ3n) is 8.33. The average Bonchev–Trinajstić information content (AvgIpc) is 3.11. The van der Waals surface area contributed by atoms with Gasteiger partial charge in [0.25, 0.3) is 11.8 Å². The Morgan fingerprint density at radius 1 is 1.12 bits per heavy atom. The van der Waals surface area contributed by atoms with Crippen LogP contribution >= 0.6 is 0 Å². The van der Waals surface area contributed by atoms with Gasteiger partial charge in [-0.2, -0.15) is 0 Å². The third-order valence-corrected chi connectivity index (χ3v) is 8.33. The molecule has 1 saturated carbocycles. The lowest BCUT2D eigenvalue weighted by Gasteiger charge is -2.41. The molecule has 2 saturated heterocycles. The van der Waals surface area contributed by atoms with E-state index >= 15 is 0 Å². The molecular weight excluding hydrogens is 430 g/mol. The summed E-state index contributed by atoms with van der Waals surface area (Å²) in [5.74, 6) is 0.574. The lowest BCUT2D eigenvalue weighted by atomic mass is 9.84. The lowest BCUT2D eigenvalue weighted by Crippen LogP contribution is -2.50. The normalized spacial score (nSPS) is 26.3. The van der Waals surface area contributed by atoms with Crippen LogP contribution in [0.3, 0.4) is 0 Å². The summed E-state index contributed by atoms with van der Waals surface area (Å²) in [6.45, 7) is 1.59. The van der Waals surface area contributed by atoms with Crippen molar-refractivity contribution in [3.05, 3.63) is 35.4 Å². The Bertz CT molecular complexity index is 827. The number of nitrogens with one attached hydrogen (secondary N) is 1. The highest BCUT2D eigenvalue weighted by Gasteiger charge is 2.41. The van der Waals surface area contributed by atoms with Gasteiger partial charge in [-0.15, -0.1) is 0 Å². The van der Waals surface area contributed by atoms with E-state index in [0.717, 1.165) is 32.2 Å². The molecular formula is C27H41N3O4. The fraction of sp³-hybridized carbons (Fsp3) is 0.704. The standard InChI is InChI=1S/C27H41N3O4/c1-28-26(33)21-9-5-8-20(14-21)22-15-23-10-11-24(16-22)30(23)13-12-29(27(34)25(32)18-31)17-19-6-3-2-4-7-19/h5,8-9,14,19,22-25,31-32H,2-4,6-7,10-13,15-18H2,1H3,(H,28,33)/t22?,23-,24+,25-/m0/s1. The van der Waals surface area contributed by atoms with Gasteiger partial charge in [-0.3, -0.25) is 14.5 Å². The fourth-order valence-electron chi connectivity index (χ4n) is 6.49. The molecule has 7 heteroatoms. The highest BCUT2D eigenvalue weighted by molar-refractivity contribution is 5.94. The predicted octanol–water partition coefficient (Wildman–Crippen LogP) is 2.52. The van der Waals surface area contributed by atoms with E-state index in [4.69, 9.17) is 0 Å². The van der Waals surface area contributed by atoms with Crippen molar-refractivity contribution < 1.29 is 19.8 Å². The minimum atomic E-state index is -1.32. The van der Waals surface area contributed by atoms with Crippen molar-refractivity contribution in [2.24, 2.45) is 5.92 Å². The Morgan fingerprint density at radius 2 is 1.82 bits per heavy atom. The highest BCUT2D eigenvalue weighted by atomic mass is 16.3. The molecule has 1 aliphatic carbocycles. The quantitative estimate of drug-likeness (QED) is 0.515. The van der Waals surface area contributed by atoms with E-state index in [1.165, 1.54) is 37.7 Å². The molecule has 2 bridgehead atoms. The zero-order valence-electron chi connectivity index (χ0n) is 20.5. The van der Waals surface area contributed by atoms with E-state index in [-0.39, 0.29) is 11.8 Å². The second-order valence-electron chi connectivity index (χ2n) is 10.5. The second-order valence-corrected chi connectivity index (χ2v) is 10.5. The van der Waals surface area contributed by atoms with Gasteiger partial charge in [0.05, 0.1) is 6.61 Å². The molecule has 3 N–H and O–H groups in total. The van der Waals surface area contributed by atoms with Gasteiger partial charge in [-0.05, 0) is 68.1 Å². The van der Waals surface area contributed by atoms with Gasteiger partial charge in [0.15, 0.2) is 6.10 Å². The van der Waals surface area contributed by atoms with Crippen LogP contribution in [0.2, 0.25) is 0 Å². The maximum absolute atomic E-state index is 12.8. The Hall–Kier alpha value is -1.96. The minimum absolute atomic E-state index is 0.0463. The number of aliphatic hydroxyl groups is 2. The molecule has 1 aromatic rings. The molecule has 4 atom stereocenters. The Balaban J connectivity index is 1.38. The monoisotopic (exact) mass is 471 g/mol. The molecule has 0 aromatic heterocycles. The second kappa shape index (κ2) is 11.6. The van der Waals surface area contributed by atoms with E-state index in [2.05, 4.69) is 16.3 Å². The fourth-order valence-corrected chi connectivity index (χ4v) is 6.49. The molecule has 0 spiro atoms. The van der Waals surface area contributed by atoms with Crippen LogP contribution in [-0.2, 0) is 4.79 Å². The number of piperidine rings is 1. The van der Waals surface area contributed by atoms with E-state index in [1.54, 1.807) is 7.05 Å². The number of hydrogen-bond acceptors (Lipinski definition) is 5. The van der Waals surface area contributed by atoms with E-state index in [9.17, 15) is 19.8 Å². The van der Waals surface area contributed by atoms with Gasteiger partial charge in [-0.1, -0.05) is 31.4 Å². The maximum atomic E-state index is 12.8. The first kappa shape index (κ1) is 25.1. The van der Waals surface area contributed by atoms with E-state index < -0.39 is 12.7 Å². The summed E-state index contributed by atoms with van der Waals surface area (Å²) < 4.78 is 0. The van der Waals surface area contributed by atoms with Crippen molar-refractivity contribution in [1.82, 2.24) is 15.1 Å². The first-order chi connectivity index (χ1) is 16.5. The predicted molar refractivity (Wildman–Crippen MR) is 132 cm³/mol. The third kappa shape index (κ3) is 5.81. The van der Waals surface area contributed by atoms with Gasteiger partial charge in [0.1, 0.15) is 0 Å². The molecule has 34 heavy (non-hydrogen) atoms. The van der Waals surface area contributed by atoms with Crippen molar-refractivity contribution in [1.29, 1.82) is 0 Å². The van der Waals surface area contributed by atoms with Crippen LogP contribution in [0.25, 0.3) is 0 Å². The van der Waals surface area contributed by atoms with Gasteiger partial charge < -0.3 is 20.4 Å². The van der Waals surface area contributed by atoms with Gasteiger partial charge >= 0.3 is 0 Å². The number of carbonyl (C=O) groups is 2. The summed E-state index contributed by atoms with van der Waals surface area (Å²) in [6.07, 6.45) is 9.16. The molecule has 188 valence electrons. The number of benzene rings is 1. The summed E-state index contributed by atoms with van der Waals surface area (Å²) in [6, 6.07) is 9.01. The zero-order valence-corrected chi connectivity index (χ0v) is 20.5. The van der Waals surface area contributed by atoms with Crippen LogP contribution in [0.1, 0.15) is 79.6 Å². The molecule has 2 heterocycles. The van der Waals surface area contributed by atoms with Crippen LogP contribution in [0.15, 0.2) is 24.3 Å². The van der Waals surface area contributed by atoms with Crippen LogP contribution < -0.4 is 5.32 Å². The molecule has 7 nitrogen and oxygen atoms in total. The Morgan fingerprint density at radius 3 is 2.47 bits per heavy atom. The van der Waals surface area contributed by atoms with Gasteiger partial charge in [0.2, 0.25) is 0 Å². The van der Waals surface area contributed by atoms with Crippen molar-refractivity contribution in [2.75, 3.05) is 33.3 Å². The summed E-state index contributed by atoms with van der Waals surface area (Å²) in [7, 11) is 1.66. The maximum Gasteiger partial charge on any atom is 0.253 e. The number of carbonyl (C=O) groups excluding carboxylic acids is 2. The van der Waals surface area contributed by atoms with E-state index in [0.29, 0.717) is 42.6 Å². The smallest absolute Gasteiger partial charge is 0.253 e. The summed E-state index contributed by atoms with van der Waals surface area (Å²) >= 11 is 0. The number of aliphatic hydroxyl groups excluding tert-OH is 2. The number of hydrogen-bond donors (Lipinski definition) is 3. The molecule has 4 rings (SSSR count). The van der Waals surface area contributed by atoms with Crippen LogP contribution in [0, 0.1) is 5.92 Å². The molecule has 2 amide bonds. The number of amides is 2. The highest BCUT2D eigenvalue weighted by Crippen LogP contribution is 2.43. The van der Waals surface area contributed by atoms with Crippen LogP contribution in [0.5, 0.6) is 0 Å². The van der Waals surface area contributed by atoms with Crippen molar-refractivity contribution in [2.45, 2.75) is 81.9 Å². The summed E-state index contributed by atoms with van der Waals surface area (Å²) in [5.41, 5.74) is 1.96. The lowest BCUT2D eigenvalue weighted by molar-refractivity contribution is -0.143. The molecule has 3 fully saturated rings. The van der Waals surface area contributed by atoms with Crippen molar-refractivity contribution >= 4 is 11.8 Å². The topological polar surface area (TPSA) is 93.1 Å². The molecule has 3 aliphatic rings. The number of fused-ring (bicyclic) bond motifs is 2. The Labute approximate surface area is 203 Å². The number of nitrogens with zero attached hydrogens (tertiary/aromatic N) is 2. The summed E-state index contributed by atoms with van der Waals surface area (Å²) in [5, 5.41) is 22.1. The van der Waals surface area contributed by atoms with Gasteiger partial charge in [-0.25, -0.2) is 0 Å². The van der Waals surface area contributed by atoms with Crippen LogP contribution in [0.4, 0.5) is 0 Å². The first-order valence-corrected chi connectivity index (χ1v) is 13.2. The molecule has 0 radical (unpaired) electrons. The summed E-state index contributed by atoms with van der Waals surface area (Å²) in [4.78, 5) is 29.3. The van der Waals surface area contributed by atoms with Crippen molar-refractivity contribution in [3.8, 4) is 0 Å². The molecule has 1 aromatic carbocycles. The largest absolute Gasteiger partial charge is 0.393 e. The van der Waals surface area contributed by atoms with Crippen LogP contribution in [-0.4, -0.2) is 83.3 Å².